The van der Waals surface area contributed by atoms with E-state index < -0.39 is 0 Å². The Balaban J connectivity index is 1.80. The lowest BCUT2D eigenvalue weighted by atomic mass is 10.2. The highest BCUT2D eigenvalue weighted by Crippen LogP contribution is 2.21. The molecule has 0 aliphatic rings. The first kappa shape index (κ1) is 11.7. The van der Waals surface area contributed by atoms with Crippen LogP contribution in [-0.4, -0.2) is 15.9 Å². The molecule has 3 aromatic rings. The number of para-hydroxylation sites is 1. The predicted octanol–water partition coefficient (Wildman–Crippen LogP) is 2.14. The number of nitrogens with one attached hydrogen (secondary N) is 2. The number of carbonyl (C=O) groups excluding carboxylic acids is 1. The number of anilines is 1. The van der Waals surface area contributed by atoms with Gasteiger partial charge in [0.1, 0.15) is 5.69 Å². The van der Waals surface area contributed by atoms with Crippen molar-refractivity contribution in [3.05, 3.63) is 46.5 Å². The lowest BCUT2D eigenvalue weighted by Crippen LogP contribution is -2.22. The first-order valence-electron chi connectivity index (χ1n) is 5.77. The van der Waals surface area contributed by atoms with Crippen LogP contribution in [0.25, 0.3) is 10.9 Å². The molecule has 5 nitrogen and oxygen atoms in total. The second-order valence-corrected chi connectivity index (χ2v) is 5.12. The van der Waals surface area contributed by atoms with E-state index >= 15 is 0 Å². The Bertz CT molecular complexity index is 717. The SMILES string of the molecule is Nc1cccc2cc(C(=O)NCc3cncs3)[nH]c12. The van der Waals surface area contributed by atoms with Crippen molar-refractivity contribution in [3.63, 3.8) is 0 Å². The van der Waals surface area contributed by atoms with Crippen LogP contribution in [0.1, 0.15) is 15.4 Å². The first-order valence-corrected chi connectivity index (χ1v) is 6.65. The van der Waals surface area contributed by atoms with E-state index in [9.17, 15) is 4.79 Å². The van der Waals surface area contributed by atoms with Crippen molar-refractivity contribution < 1.29 is 4.79 Å². The van der Waals surface area contributed by atoms with E-state index in [1.165, 1.54) is 11.3 Å². The number of fused-ring (bicyclic) bond motifs is 1. The molecule has 3 rings (SSSR count). The molecule has 0 saturated heterocycles. The largest absolute Gasteiger partial charge is 0.397 e. The van der Waals surface area contributed by atoms with Crippen molar-refractivity contribution in [2.75, 3.05) is 5.73 Å². The molecule has 6 heteroatoms. The number of aromatic nitrogens is 2. The zero-order chi connectivity index (χ0) is 13.2. The molecule has 1 aromatic carbocycles. The minimum absolute atomic E-state index is 0.149. The summed E-state index contributed by atoms with van der Waals surface area (Å²) in [7, 11) is 0. The molecule has 19 heavy (non-hydrogen) atoms. The molecule has 4 N–H and O–H groups in total. The van der Waals surface area contributed by atoms with Gasteiger partial charge in [0.15, 0.2) is 0 Å². The summed E-state index contributed by atoms with van der Waals surface area (Å²) in [5.74, 6) is -0.149. The number of amides is 1. The van der Waals surface area contributed by atoms with Crippen LogP contribution in [0.5, 0.6) is 0 Å². The van der Waals surface area contributed by atoms with Crippen molar-refractivity contribution in [2.24, 2.45) is 0 Å². The monoisotopic (exact) mass is 272 g/mol. The van der Waals surface area contributed by atoms with E-state index in [1.807, 2.05) is 12.1 Å². The Kier molecular flexibility index (Phi) is 2.92. The summed E-state index contributed by atoms with van der Waals surface area (Å²) in [4.78, 5) is 20.0. The van der Waals surface area contributed by atoms with Gasteiger partial charge in [0, 0.05) is 16.5 Å². The molecule has 0 saturated carbocycles. The van der Waals surface area contributed by atoms with E-state index in [2.05, 4.69) is 15.3 Å². The van der Waals surface area contributed by atoms with E-state index in [0.717, 1.165) is 15.8 Å². The van der Waals surface area contributed by atoms with Crippen molar-refractivity contribution in [2.45, 2.75) is 6.54 Å². The third-order valence-electron chi connectivity index (χ3n) is 2.84. The second kappa shape index (κ2) is 4.74. The highest BCUT2D eigenvalue weighted by molar-refractivity contribution is 7.09. The molecule has 0 spiro atoms. The number of hydrogen-bond acceptors (Lipinski definition) is 4. The molecule has 0 aliphatic carbocycles. The van der Waals surface area contributed by atoms with Gasteiger partial charge in [0.05, 0.1) is 23.3 Å². The Morgan fingerprint density at radius 2 is 2.37 bits per heavy atom. The van der Waals surface area contributed by atoms with E-state index in [0.29, 0.717) is 17.9 Å². The number of nitrogens with zero attached hydrogens (tertiary/aromatic N) is 1. The summed E-state index contributed by atoms with van der Waals surface area (Å²) in [5, 5.41) is 3.77. The average Bonchev–Trinajstić information content (AvgIpc) is 3.05. The maximum atomic E-state index is 12.0. The summed E-state index contributed by atoms with van der Waals surface area (Å²) in [6, 6.07) is 7.39. The topological polar surface area (TPSA) is 83.8 Å². The van der Waals surface area contributed by atoms with Crippen LogP contribution in [0.4, 0.5) is 5.69 Å². The summed E-state index contributed by atoms with van der Waals surface area (Å²) in [6.07, 6.45) is 1.74. The van der Waals surface area contributed by atoms with Crippen LogP contribution >= 0.6 is 11.3 Å². The summed E-state index contributed by atoms with van der Waals surface area (Å²) in [6.45, 7) is 0.481. The summed E-state index contributed by atoms with van der Waals surface area (Å²) >= 11 is 1.51. The lowest BCUT2D eigenvalue weighted by molar-refractivity contribution is 0.0947. The van der Waals surface area contributed by atoms with E-state index in [4.69, 9.17) is 5.73 Å². The van der Waals surface area contributed by atoms with Gasteiger partial charge in [-0.2, -0.15) is 0 Å². The summed E-state index contributed by atoms with van der Waals surface area (Å²) < 4.78 is 0. The highest BCUT2D eigenvalue weighted by Gasteiger charge is 2.10. The van der Waals surface area contributed by atoms with Crippen molar-refractivity contribution in [1.82, 2.24) is 15.3 Å². The quantitative estimate of drug-likeness (QED) is 0.639. The van der Waals surface area contributed by atoms with Gasteiger partial charge in [-0.3, -0.25) is 9.78 Å². The molecule has 0 atom stereocenters. The van der Waals surface area contributed by atoms with Gasteiger partial charge >= 0.3 is 0 Å². The van der Waals surface area contributed by atoms with Gasteiger partial charge in [0.2, 0.25) is 0 Å². The molecule has 0 aliphatic heterocycles. The van der Waals surface area contributed by atoms with Crippen LogP contribution in [0, 0.1) is 0 Å². The zero-order valence-electron chi connectivity index (χ0n) is 10.0. The smallest absolute Gasteiger partial charge is 0.268 e. The number of nitrogens with two attached hydrogens (primary N) is 1. The minimum Gasteiger partial charge on any atom is -0.397 e. The summed E-state index contributed by atoms with van der Waals surface area (Å²) in [5.41, 5.74) is 9.54. The number of aromatic amines is 1. The molecule has 2 aromatic heterocycles. The molecule has 0 unspecified atom stereocenters. The van der Waals surface area contributed by atoms with Crippen LogP contribution < -0.4 is 11.1 Å². The van der Waals surface area contributed by atoms with Crippen LogP contribution in [0.2, 0.25) is 0 Å². The fourth-order valence-corrected chi connectivity index (χ4v) is 2.43. The number of nitrogen functional groups attached to an aromatic ring is 1. The molecule has 0 fully saturated rings. The van der Waals surface area contributed by atoms with Crippen LogP contribution in [0.3, 0.4) is 0 Å². The molecule has 96 valence electrons. The molecular formula is C13H12N4OS. The van der Waals surface area contributed by atoms with Crippen LogP contribution in [0.15, 0.2) is 36.0 Å². The van der Waals surface area contributed by atoms with E-state index in [1.54, 1.807) is 23.8 Å². The van der Waals surface area contributed by atoms with Gasteiger partial charge in [-0.25, -0.2) is 0 Å². The van der Waals surface area contributed by atoms with Gasteiger partial charge in [0.25, 0.3) is 5.91 Å². The average molecular weight is 272 g/mol. The molecular weight excluding hydrogens is 260 g/mol. The highest BCUT2D eigenvalue weighted by atomic mass is 32.1. The van der Waals surface area contributed by atoms with Crippen molar-refractivity contribution in [3.8, 4) is 0 Å². The first-order chi connectivity index (χ1) is 9.24. The number of hydrogen-bond donors (Lipinski definition) is 3. The standard InChI is InChI=1S/C13H12N4OS/c14-10-3-1-2-8-4-11(17-12(8)10)13(18)16-6-9-5-15-7-19-9/h1-5,7,17H,6,14H2,(H,16,18). The van der Waals surface area contributed by atoms with Gasteiger partial charge in [-0.05, 0) is 12.1 Å². The molecule has 1 amide bonds. The normalized spacial score (nSPS) is 10.7. The zero-order valence-corrected chi connectivity index (χ0v) is 10.8. The second-order valence-electron chi connectivity index (χ2n) is 4.14. The number of rotatable bonds is 3. The predicted molar refractivity (Wildman–Crippen MR) is 76.0 cm³/mol. The molecule has 0 radical (unpaired) electrons. The Hall–Kier alpha value is -2.34. The van der Waals surface area contributed by atoms with E-state index in [-0.39, 0.29) is 5.91 Å². The van der Waals surface area contributed by atoms with Gasteiger partial charge < -0.3 is 16.0 Å². The minimum atomic E-state index is -0.149. The Morgan fingerprint density at radius 3 is 3.11 bits per heavy atom. The fourth-order valence-electron chi connectivity index (χ4n) is 1.89. The maximum absolute atomic E-state index is 12.0. The fraction of sp³-hybridized carbons (Fsp3) is 0.0769. The third kappa shape index (κ3) is 2.30. The number of benzene rings is 1. The molecule has 0 bridgehead atoms. The van der Waals surface area contributed by atoms with Gasteiger partial charge in [-0.1, -0.05) is 12.1 Å². The van der Waals surface area contributed by atoms with Crippen molar-refractivity contribution in [1.29, 1.82) is 0 Å². The Morgan fingerprint density at radius 1 is 1.47 bits per heavy atom. The van der Waals surface area contributed by atoms with Crippen molar-refractivity contribution >= 4 is 33.8 Å². The van der Waals surface area contributed by atoms with Crippen LogP contribution in [-0.2, 0) is 6.54 Å². The number of thiazole rings is 1. The van der Waals surface area contributed by atoms with Gasteiger partial charge in [-0.15, -0.1) is 11.3 Å². The third-order valence-corrected chi connectivity index (χ3v) is 3.62. The maximum Gasteiger partial charge on any atom is 0.268 e. The molecule has 2 heterocycles. The Labute approximate surface area is 113 Å². The number of H-pyrrole nitrogens is 1. The number of carbonyl (C=O) groups is 1. The lowest BCUT2D eigenvalue weighted by Gasteiger charge is -2.00.